The number of ether oxygens (including phenoxy) is 2. The quantitative estimate of drug-likeness (QED) is 0.534. The van der Waals surface area contributed by atoms with Gasteiger partial charge in [0.25, 0.3) is 0 Å². The van der Waals surface area contributed by atoms with E-state index in [0.717, 1.165) is 37.5 Å². The first-order valence-corrected chi connectivity index (χ1v) is 12.3. The van der Waals surface area contributed by atoms with Gasteiger partial charge in [0.1, 0.15) is 18.0 Å². The molecule has 1 aliphatic heterocycles. The van der Waals surface area contributed by atoms with Crippen molar-refractivity contribution in [2.75, 3.05) is 20.7 Å². The molecule has 3 heterocycles. The smallest absolute Gasteiger partial charge is 0.410 e. The number of fused-ring (bicyclic) bond motifs is 1. The van der Waals surface area contributed by atoms with E-state index >= 15 is 0 Å². The van der Waals surface area contributed by atoms with Crippen LogP contribution in [0.5, 0.6) is 0 Å². The standard InChI is InChI=1S/C23H41N9O3/c1-9-12-32-20(26-28-29-32)18(23(5,6)15-30(7)21(33)35-22(2,3)4)24-16-11-10-13-31-19(16)25-17(27-31)14-34-8/h16,18,24H,9-15H2,1-8H3. The number of nitrogens with zero attached hydrogens (tertiary/aromatic N) is 8. The van der Waals surface area contributed by atoms with Crippen molar-refractivity contribution < 1.29 is 14.3 Å². The van der Waals surface area contributed by atoms with Crippen LogP contribution in [0.3, 0.4) is 0 Å². The number of aromatic nitrogens is 7. The predicted molar refractivity (Wildman–Crippen MR) is 129 cm³/mol. The van der Waals surface area contributed by atoms with E-state index in [1.54, 1.807) is 19.1 Å². The second-order valence-corrected chi connectivity index (χ2v) is 10.9. The number of rotatable bonds is 10. The van der Waals surface area contributed by atoms with Crippen LogP contribution >= 0.6 is 0 Å². The monoisotopic (exact) mass is 491 g/mol. The van der Waals surface area contributed by atoms with E-state index in [2.05, 4.69) is 46.7 Å². The van der Waals surface area contributed by atoms with E-state index in [4.69, 9.17) is 14.5 Å². The zero-order valence-corrected chi connectivity index (χ0v) is 22.4. The minimum atomic E-state index is -0.565. The summed E-state index contributed by atoms with van der Waals surface area (Å²) in [5.74, 6) is 2.30. The fraction of sp³-hybridized carbons (Fsp3) is 0.826. The molecule has 0 saturated heterocycles. The van der Waals surface area contributed by atoms with Crippen LogP contribution in [0.15, 0.2) is 0 Å². The fourth-order valence-corrected chi connectivity index (χ4v) is 4.49. The van der Waals surface area contributed by atoms with Gasteiger partial charge in [-0.15, -0.1) is 5.10 Å². The lowest BCUT2D eigenvalue weighted by Crippen LogP contribution is -2.47. The minimum absolute atomic E-state index is 0.0373. The Morgan fingerprint density at radius 2 is 2.03 bits per heavy atom. The largest absolute Gasteiger partial charge is 0.444 e. The maximum absolute atomic E-state index is 12.7. The second kappa shape index (κ2) is 11.0. The van der Waals surface area contributed by atoms with Crippen LogP contribution in [0.4, 0.5) is 4.79 Å². The van der Waals surface area contributed by atoms with Crippen LogP contribution in [-0.4, -0.2) is 72.3 Å². The lowest BCUT2D eigenvalue weighted by atomic mass is 9.82. The van der Waals surface area contributed by atoms with Gasteiger partial charge in [0, 0.05) is 39.2 Å². The predicted octanol–water partition coefficient (Wildman–Crippen LogP) is 2.88. The fourth-order valence-electron chi connectivity index (χ4n) is 4.49. The summed E-state index contributed by atoms with van der Waals surface area (Å²) in [5.41, 5.74) is -1.01. The maximum atomic E-state index is 12.7. The average molecular weight is 492 g/mol. The van der Waals surface area contributed by atoms with E-state index in [1.807, 2.05) is 30.1 Å². The molecular formula is C23H41N9O3. The number of carbonyl (C=O) groups excluding carboxylic acids is 1. The molecule has 3 rings (SSSR count). The van der Waals surface area contributed by atoms with Crippen LogP contribution in [0.25, 0.3) is 0 Å². The lowest BCUT2D eigenvalue weighted by Gasteiger charge is -2.39. The van der Waals surface area contributed by atoms with Crippen molar-refractivity contribution in [2.24, 2.45) is 5.41 Å². The van der Waals surface area contributed by atoms with Crippen molar-refractivity contribution in [1.29, 1.82) is 0 Å². The molecule has 0 saturated carbocycles. The normalized spacial score (nSPS) is 17.2. The molecule has 196 valence electrons. The van der Waals surface area contributed by atoms with Gasteiger partial charge in [0.15, 0.2) is 11.6 Å². The lowest BCUT2D eigenvalue weighted by molar-refractivity contribution is 0.0198. The van der Waals surface area contributed by atoms with E-state index in [0.29, 0.717) is 25.5 Å². The first-order chi connectivity index (χ1) is 16.4. The average Bonchev–Trinajstić information content (AvgIpc) is 3.37. The van der Waals surface area contributed by atoms with Gasteiger partial charge in [-0.2, -0.15) is 5.10 Å². The number of hydrogen-bond donors (Lipinski definition) is 1. The molecule has 12 nitrogen and oxygen atoms in total. The number of hydrogen-bond acceptors (Lipinski definition) is 9. The summed E-state index contributed by atoms with van der Waals surface area (Å²) in [4.78, 5) is 19.1. The molecule has 2 aromatic rings. The van der Waals surface area contributed by atoms with Crippen LogP contribution < -0.4 is 5.32 Å². The summed E-state index contributed by atoms with van der Waals surface area (Å²) in [6, 6.07) is -0.294. The van der Waals surface area contributed by atoms with Gasteiger partial charge in [-0.25, -0.2) is 19.1 Å². The van der Waals surface area contributed by atoms with Gasteiger partial charge >= 0.3 is 6.09 Å². The van der Waals surface area contributed by atoms with Gasteiger partial charge in [-0.1, -0.05) is 20.8 Å². The van der Waals surface area contributed by atoms with Crippen molar-refractivity contribution in [3.05, 3.63) is 17.5 Å². The Hall–Kier alpha value is -2.60. The highest BCUT2D eigenvalue weighted by atomic mass is 16.6. The van der Waals surface area contributed by atoms with Gasteiger partial charge < -0.3 is 14.4 Å². The zero-order chi connectivity index (χ0) is 25.8. The van der Waals surface area contributed by atoms with Gasteiger partial charge in [0.2, 0.25) is 0 Å². The van der Waals surface area contributed by atoms with Gasteiger partial charge in [-0.3, -0.25) is 5.32 Å². The van der Waals surface area contributed by atoms with Crippen LogP contribution in [0.2, 0.25) is 0 Å². The van der Waals surface area contributed by atoms with Crippen molar-refractivity contribution in [3.8, 4) is 0 Å². The Bertz CT molecular complexity index is 979. The summed E-state index contributed by atoms with van der Waals surface area (Å²) in [6.07, 6.45) is 2.43. The van der Waals surface area contributed by atoms with Crippen molar-refractivity contribution in [3.63, 3.8) is 0 Å². The van der Waals surface area contributed by atoms with E-state index in [9.17, 15) is 4.79 Å². The number of aryl methyl sites for hydroxylation is 2. The molecule has 0 spiro atoms. The van der Waals surface area contributed by atoms with E-state index in [-0.39, 0.29) is 18.2 Å². The molecule has 0 fully saturated rings. The summed E-state index contributed by atoms with van der Waals surface area (Å²) < 4.78 is 14.6. The number of amides is 1. The molecule has 1 aliphatic rings. The third-order valence-electron chi connectivity index (χ3n) is 5.94. The molecule has 2 unspecified atom stereocenters. The highest BCUT2D eigenvalue weighted by molar-refractivity contribution is 5.67. The molecule has 2 aromatic heterocycles. The third-order valence-corrected chi connectivity index (χ3v) is 5.94. The summed E-state index contributed by atoms with van der Waals surface area (Å²) >= 11 is 0. The Balaban J connectivity index is 1.91. The van der Waals surface area contributed by atoms with Crippen molar-refractivity contribution >= 4 is 6.09 Å². The molecule has 0 aromatic carbocycles. The molecule has 35 heavy (non-hydrogen) atoms. The summed E-state index contributed by atoms with van der Waals surface area (Å²) in [6.45, 7) is 14.3. The maximum Gasteiger partial charge on any atom is 0.410 e. The SMILES string of the molecule is CCCn1nnnc1C(NC1CCCn2nc(COC)nc21)C(C)(C)CN(C)C(=O)OC(C)(C)C. The second-order valence-electron chi connectivity index (χ2n) is 10.9. The first kappa shape index (κ1) is 27.0. The molecule has 0 bridgehead atoms. The molecule has 2 atom stereocenters. The molecule has 12 heteroatoms. The van der Waals surface area contributed by atoms with E-state index in [1.165, 1.54) is 0 Å². The van der Waals surface area contributed by atoms with Crippen molar-refractivity contribution in [2.45, 2.75) is 98.2 Å². The minimum Gasteiger partial charge on any atom is -0.444 e. The summed E-state index contributed by atoms with van der Waals surface area (Å²) in [7, 11) is 3.40. The number of tetrazole rings is 1. The van der Waals surface area contributed by atoms with Crippen LogP contribution in [0.1, 0.15) is 90.4 Å². The van der Waals surface area contributed by atoms with Crippen molar-refractivity contribution in [1.82, 2.24) is 45.2 Å². The number of carbonyl (C=O) groups is 1. The Labute approximate surface area is 207 Å². The zero-order valence-electron chi connectivity index (χ0n) is 22.4. The topological polar surface area (TPSA) is 125 Å². The highest BCUT2D eigenvalue weighted by Gasteiger charge is 2.40. The Morgan fingerprint density at radius 3 is 2.69 bits per heavy atom. The first-order valence-electron chi connectivity index (χ1n) is 12.3. The third kappa shape index (κ3) is 6.75. The Kier molecular flexibility index (Phi) is 8.47. The highest BCUT2D eigenvalue weighted by Crippen LogP contribution is 2.37. The molecular weight excluding hydrogens is 450 g/mol. The molecule has 1 N–H and O–H groups in total. The molecule has 1 amide bonds. The van der Waals surface area contributed by atoms with E-state index < -0.39 is 11.0 Å². The Morgan fingerprint density at radius 1 is 1.29 bits per heavy atom. The summed E-state index contributed by atoms with van der Waals surface area (Å²) in [5, 5.41) is 21.0. The number of nitrogens with one attached hydrogen (secondary N) is 1. The van der Waals surface area contributed by atoms with Crippen LogP contribution in [0, 0.1) is 5.41 Å². The number of methoxy groups -OCH3 is 1. The van der Waals surface area contributed by atoms with Crippen LogP contribution in [-0.2, 0) is 29.2 Å². The molecule has 0 radical (unpaired) electrons. The van der Waals surface area contributed by atoms with Gasteiger partial charge in [0.05, 0.1) is 12.1 Å². The van der Waals surface area contributed by atoms with Gasteiger partial charge in [-0.05, 0) is 50.5 Å². The molecule has 0 aliphatic carbocycles.